The quantitative estimate of drug-likeness (QED) is 0.513. The summed E-state index contributed by atoms with van der Waals surface area (Å²) in [5.74, 6) is 0. The molecule has 1 aliphatic heterocycles. The van der Waals surface area contributed by atoms with E-state index < -0.39 is 0 Å². The number of hydrogen-bond donors (Lipinski definition) is 0. The summed E-state index contributed by atoms with van der Waals surface area (Å²) in [6.45, 7) is 6.77. The van der Waals surface area contributed by atoms with E-state index in [1.54, 1.807) is 0 Å². The van der Waals surface area contributed by atoms with Crippen molar-refractivity contribution in [2.24, 2.45) is 5.41 Å². The van der Waals surface area contributed by atoms with Crippen LogP contribution < -0.4 is 5.32 Å². The molecule has 1 aliphatic rings. The molecule has 8 heavy (non-hydrogen) atoms. The molecule has 0 spiro atoms. The Morgan fingerprint density at radius 1 is 1.25 bits per heavy atom. The first-order chi connectivity index (χ1) is 3.83. The normalized spacial score (nSPS) is 24.8. The molecule has 0 saturated carbocycles. The van der Waals surface area contributed by atoms with Gasteiger partial charge < -0.3 is 0 Å². The summed E-state index contributed by atoms with van der Waals surface area (Å²) >= 11 is 0. The van der Waals surface area contributed by atoms with Gasteiger partial charge in [0, 0.05) is 13.1 Å². The highest BCUT2D eigenvalue weighted by atomic mass is 15.0. The summed E-state index contributed by atoms with van der Waals surface area (Å²) in [4.78, 5) is 0. The van der Waals surface area contributed by atoms with Crippen LogP contribution in [0.25, 0.3) is 0 Å². The maximum Gasteiger partial charge on any atom is 0.0202 e. The summed E-state index contributed by atoms with van der Waals surface area (Å²) in [5.41, 5.74) is 0.639. The van der Waals surface area contributed by atoms with Crippen molar-refractivity contribution in [3.63, 3.8) is 0 Å². The zero-order valence-corrected chi connectivity index (χ0v) is 5.78. The lowest BCUT2D eigenvalue weighted by atomic mass is 9.77. The summed E-state index contributed by atoms with van der Waals surface area (Å²) < 4.78 is 0. The first-order valence-corrected chi connectivity index (χ1v) is 3.46. The average molecular weight is 112 g/mol. The van der Waals surface area contributed by atoms with E-state index in [4.69, 9.17) is 0 Å². The van der Waals surface area contributed by atoms with E-state index in [-0.39, 0.29) is 0 Å². The van der Waals surface area contributed by atoms with E-state index in [1.165, 1.54) is 12.8 Å². The third kappa shape index (κ3) is 0.752. The van der Waals surface area contributed by atoms with Gasteiger partial charge in [-0.1, -0.05) is 13.8 Å². The van der Waals surface area contributed by atoms with Crippen LogP contribution in [0.3, 0.4) is 0 Å². The van der Waals surface area contributed by atoms with Crippen LogP contribution in [0.1, 0.15) is 26.7 Å². The number of nitrogens with zero attached hydrogens (tertiary/aromatic N) is 1. The number of hydrogen-bond acceptors (Lipinski definition) is 0. The SMILES string of the molecule is CCC1(CC)C[N]C1. The van der Waals surface area contributed by atoms with Crippen LogP contribution in [0.5, 0.6) is 0 Å². The molecule has 0 aliphatic carbocycles. The van der Waals surface area contributed by atoms with Crippen LogP contribution in [0.4, 0.5) is 0 Å². The van der Waals surface area contributed by atoms with Gasteiger partial charge in [0.1, 0.15) is 0 Å². The monoisotopic (exact) mass is 112 g/mol. The van der Waals surface area contributed by atoms with Gasteiger partial charge in [-0.25, -0.2) is 5.32 Å². The van der Waals surface area contributed by atoms with Gasteiger partial charge in [0.25, 0.3) is 0 Å². The van der Waals surface area contributed by atoms with Crippen LogP contribution in [0.15, 0.2) is 0 Å². The van der Waals surface area contributed by atoms with E-state index in [9.17, 15) is 0 Å². The van der Waals surface area contributed by atoms with E-state index in [0.717, 1.165) is 13.1 Å². The standard InChI is InChI=1S/C7H14N/c1-3-7(4-2)5-8-6-7/h3-6H2,1-2H3. The fourth-order valence-corrected chi connectivity index (χ4v) is 1.13. The molecule has 1 radical (unpaired) electrons. The van der Waals surface area contributed by atoms with Gasteiger partial charge in [0.2, 0.25) is 0 Å². The molecular weight excluding hydrogens is 98.1 g/mol. The molecule has 0 aromatic carbocycles. The van der Waals surface area contributed by atoms with E-state index in [2.05, 4.69) is 19.2 Å². The lowest BCUT2D eigenvalue weighted by molar-refractivity contribution is 0.148. The zero-order chi connectivity index (χ0) is 6.04. The van der Waals surface area contributed by atoms with Crippen molar-refractivity contribution in [3.05, 3.63) is 0 Å². The molecule has 1 nitrogen and oxygen atoms in total. The number of rotatable bonds is 2. The van der Waals surface area contributed by atoms with Gasteiger partial charge in [0.15, 0.2) is 0 Å². The minimum atomic E-state index is 0.639. The van der Waals surface area contributed by atoms with Crippen molar-refractivity contribution in [3.8, 4) is 0 Å². The fourth-order valence-electron chi connectivity index (χ4n) is 1.13. The Kier molecular flexibility index (Phi) is 1.57. The maximum atomic E-state index is 4.21. The topological polar surface area (TPSA) is 14.1 Å². The van der Waals surface area contributed by atoms with Crippen LogP contribution >= 0.6 is 0 Å². The van der Waals surface area contributed by atoms with E-state index in [1.807, 2.05) is 0 Å². The highest BCUT2D eigenvalue weighted by Crippen LogP contribution is 2.30. The summed E-state index contributed by atoms with van der Waals surface area (Å²) in [5, 5.41) is 4.21. The summed E-state index contributed by atoms with van der Waals surface area (Å²) in [6, 6.07) is 0. The highest BCUT2D eigenvalue weighted by molar-refractivity contribution is 4.89. The summed E-state index contributed by atoms with van der Waals surface area (Å²) in [7, 11) is 0. The second-order valence-electron chi connectivity index (χ2n) is 2.75. The molecule has 1 saturated heterocycles. The molecule has 1 heterocycles. The Morgan fingerprint density at radius 2 is 1.75 bits per heavy atom. The Hall–Kier alpha value is -0.0400. The van der Waals surface area contributed by atoms with Crippen molar-refractivity contribution in [1.82, 2.24) is 5.32 Å². The largest absolute Gasteiger partial charge is 0.241 e. The fraction of sp³-hybridized carbons (Fsp3) is 1.00. The molecule has 0 atom stereocenters. The third-order valence-electron chi connectivity index (χ3n) is 2.39. The highest BCUT2D eigenvalue weighted by Gasteiger charge is 2.33. The average Bonchev–Trinajstić information content (AvgIpc) is 1.67. The van der Waals surface area contributed by atoms with Gasteiger partial charge in [-0.15, -0.1) is 0 Å². The summed E-state index contributed by atoms with van der Waals surface area (Å²) in [6.07, 6.45) is 2.62. The second-order valence-corrected chi connectivity index (χ2v) is 2.75. The molecule has 0 aromatic heterocycles. The Bertz CT molecular complexity index is 60.9. The first kappa shape index (κ1) is 6.09. The van der Waals surface area contributed by atoms with E-state index in [0.29, 0.717) is 5.41 Å². The van der Waals surface area contributed by atoms with Crippen molar-refractivity contribution in [2.75, 3.05) is 13.1 Å². The Morgan fingerprint density at radius 3 is 1.75 bits per heavy atom. The van der Waals surface area contributed by atoms with Crippen molar-refractivity contribution in [1.29, 1.82) is 0 Å². The Balaban J connectivity index is 2.33. The van der Waals surface area contributed by atoms with Gasteiger partial charge >= 0.3 is 0 Å². The molecule has 47 valence electrons. The van der Waals surface area contributed by atoms with Crippen molar-refractivity contribution in [2.45, 2.75) is 26.7 Å². The van der Waals surface area contributed by atoms with Gasteiger partial charge in [0.05, 0.1) is 0 Å². The molecule has 0 unspecified atom stereocenters. The molecule has 1 fully saturated rings. The smallest absolute Gasteiger partial charge is 0.0202 e. The molecular formula is C7H14N. The molecule has 0 bridgehead atoms. The van der Waals surface area contributed by atoms with Gasteiger partial charge in [-0.05, 0) is 18.3 Å². The molecule has 0 aromatic rings. The molecule has 0 amide bonds. The third-order valence-corrected chi connectivity index (χ3v) is 2.39. The van der Waals surface area contributed by atoms with Crippen molar-refractivity contribution < 1.29 is 0 Å². The lowest BCUT2D eigenvalue weighted by Crippen LogP contribution is -2.47. The first-order valence-electron chi connectivity index (χ1n) is 3.46. The van der Waals surface area contributed by atoms with E-state index >= 15 is 0 Å². The van der Waals surface area contributed by atoms with Crippen LogP contribution in [0.2, 0.25) is 0 Å². The van der Waals surface area contributed by atoms with Gasteiger partial charge in [-0.3, -0.25) is 0 Å². The zero-order valence-electron chi connectivity index (χ0n) is 5.78. The van der Waals surface area contributed by atoms with Crippen LogP contribution in [-0.2, 0) is 0 Å². The molecule has 1 heteroatoms. The Labute approximate surface area is 51.5 Å². The predicted molar refractivity (Wildman–Crippen MR) is 34.9 cm³/mol. The molecule has 0 N–H and O–H groups in total. The second kappa shape index (κ2) is 2.06. The van der Waals surface area contributed by atoms with Crippen LogP contribution in [-0.4, -0.2) is 13.1 Å². The minimum absolute atomic E-state index is 0.639. The molecule has 1 rings (SSSR count). The minimum Gasteiger partial charge on any atom is -0.241 e. The van der Waals surface area contributed by atoms with Crippen molar-refractivity contribution >= 4 is 0 Å². The predicted octanol–water partition coefficient (Wildman–Crippen LogP) is 1.41. The lowest BCUT2D eigenvalue weighted by Gasteiger charge is -2.39. The van der Waals surface area contributed by atoms with Gasteiger partial charge in [-0.2, -0.15) is 0 Å². The van der Waals surface area contributed by atoms with Crippen LogP contribution in [0, 0.1) is 5.41 Å². The maximum absolute atomic E-state index is 4.21.